The lowest BCUT2D eigenvalue weighted by Crippen LogP contribution is -2.43. The van der Waals surface area contributed by atoms with Gasteiger partial charge in [0, 0.05) is 37.4 Å². The molecule has 2 unspecified atom stereocenters. The number of ether oxygens (including phenoxy) is 1. The first-order chi connectivity index (χ1) is 20.0. The summed E-state index contributed by atoms with van der Waals surface area (Å²) < 4.78 is 5.73. The van der Waals surface area contributed by atoms with Crippen LogP contribution in [0.5, 0.6) is 0 Å². The molecule has 212 valence electrons. The molecule has 3 atom stereocenters. The van der Waals surface area contributed by atoms with Crippen LogP contribution in [0, 0.1) is 0 Å². The predicted molar refractivity (Wildman–Crippen MR) is 162 cm³/mol. The second kappa shape index (κ2) is 12.3. The Bertz CT molecular complexity index is 1400. The summed E-state index contributed by atoms with van der Waals surface area (Å²) in [5, 5.41) is 9.39. The monoisotopic (exact) mass is 551 g/mol. The maximum absolute atomic E-state index is 13.5. The molecule has 8 nitrogen and oxygen atoms in total. The third-order valence-corrected chi connectivity index (χ3v) is 8.17. The van der Waals surface area contributed by atoms with E-state index in [0.717, 1.165) is 42.9 Å². The van der Waals surface area contributed by atoms with E-state index in [1.807, 2.05) is 48.5 Å². The van der Waals surface area contributed by atoms with Crippen molar-refractivity contribution in [3.8, 4) is 0 Å². The Morgan fingerprint density at radius 3 is 2.46 bits per heavy atom. The molecule has 3 aliphatic rings. The Hall–Kier alpha value is -3.98. The van der Waals surface area contributed by atoms with E-state index >= 15 is 0 Å². The van der Waals surface area contributed by atoms with Crippen molar-refractivity contribution in [2.75, 3.05) is 42.6 Å². The second-order valence-electron chi connectivity index (χ2n) is 11.2. The molecule has 1 saturated carbocycles. The molecule has 3 fully saturated rings. The van der Waals surface area contributed by atoms with Gasteiger partial charge in [0.1, 0.15) is 6.04 Å². The van der Waals surface area contributed by atoms with Crippen molar-refractivity contribution in [1.29, 1.82) is 0 Å². The highest BCUT2D eigenvalue weighted by atomic mass is 16.5. The lowest BCUT2D eigenvalue weighted by Gasteiger charge is -2.27. The number of nitrogens with zero attached hydrogens (tertiary/aromatic N) is 1. The van der Waals surface area contributed by atoms with Gasteiger partial charge in [-0.15, -0.1) is 0 Å². The van der Waals surface area contributed by atoms with Crippen LogP contribution in [0.1, 0.15) is 47.9 Å². The maximum Gasteiger partial charge on any atom is 0.248 e. The second-order valence-corrected chi connectivity index (χ2v) is 11.2. The molecule has 6 rings (SSSR count). The number of fused-ring (bicyclic) bond motifs is 2. The standard InChI is InChI=1S/C33H37N5O3/c34-29-3-1-2-4-30(29)37-31(39)16-7-22-5-8-25(9-6-22)32(35-17-18-38-20-28-19-27(38)21-41-28)33(40)36-26-14-12-24(13-15-26)23-10-11-23/h1-9,12-16,23,27-28,32,35H,10-11,17-21,34H2,(H,36,40)(H,37,39)/t27?,28?,32-/m0/s1. The van der Waals surface area contributed by atoms with E-state index in [1.54, 1.807) is 18.2 Å². The zero-order valence-electron chi connectivity index (χ0n) is 23.1. The molecule has 2 bridgehead atoms. The molecular formula is C33H37N5O3. The van der Waals surface area contributed by atoms with Gasteiger partial charge in [0.2, 0.25) is 11.8 Å². The fourth-order valence-corrected chi connectivity index (χ4v) is 5.69. The molecule has 8 heteroatoms. The van der Waals surface area contributed by atoms with Gasteiger partial charge >= 0.3 is 0 Å². The molecule has 2 aliphatic heterocycles. The molecule has 3 aromatic rings. The van der Waals surface area contributed by atoms with Gasteiger partial charge < -0.3 is 26.4 Å². The number of nitrogen functional groups attached to an aromatic ring is 1. The number of morpholine rings is 1. The Morgan fingerprint density at radius 1 is 1.00 bits per heavy atom. The quantitative estimate of drug-likeness (QED) is 0.206. The highest BCUT2D eigenvalue weighted by Crippen LogP contribution is 2.40. The van der Waals surface area contributed by atoms with Crippen molar-refractivity contribution in [3.63, 3.8) is 0 Å². The van der Waals surface area contributed by atoms with E-state index in [0.29, 0.717) is 36.0 Å². The van der Waals surface area contributed by atoms with Crippen LogP contribution in [0.4, 0.5) is 17.1 Å². The first-order valence-corrected chi connectivity index (χ1v) is 14.5. The Balaban J connectivity index is 1.11. The van der Waals surface area contributed by atoms with Crippen molar-refractivity contribution < 1.29 is 14.3 Å². The first-order valence-electron chi connectivity index (χ1n) is 14.5. The van der Waals surface area contributed by atoms with Gasteiger partial charge in [0.25, 0.3) is 0 Å². The minimum Gasteiger partial charge on any atom is -0.397 e. The van der Waals surface area contributed by atoms with E-state index in [1.165, 1.54) is 24.5 Å². The van der Waals surface area contributed by atoms with Crippen LogP contribution in [0.25, 0.3) is 6.08 Å². The SMILES string of the molecule is Nc1ccccc1NC(=O)C=Cc1ccc([C@H](NCCN2CC3CC2CO3)C(=O)Nc2ccc(C3CC3)cc2)cc1. The van der Waals surface area contributed by atoms with Crippen molar-refractivity contribution in [2.45, 2.75) is 43.4 Å². The molecular weight excluding hydrogens is 514 g/mol. The summed E-state index contributed by atoms with van der Waals surface area (Å²) in [5.74, 6) is 0.314. The molecule has 2 heterocycles. The summed E-state index contributed by atoms with van der Waals surface area (Å²) in [6, 6.07) is 23.0. The molecule has 2 amide bonds. The number of likely N-dealkylation sites (tertiary alicyclic amines) is 1. The van der Waals surface area contributed by atoms with Gasteiger partial charge in [0.05, 0.1) is 24.1 Å². The third-order valence-electron chi connectivity index (χ3n) is 8.17. The topological polar surface area (TPSA) is 109 Å². The minimum atomic E-state index is -0.517. The Morgan fingerprint density at radius 2 is 1.78 bits per heavy atom. The molecule has 0 radical (unpaired) electrons. The van der Waals surface area contributed by atoms with Crippen LogP contribution in [0.3, 0.4) is 0 Å². The summed E-state index contributed by atoms with van der Waals surface area (Å²) in [6.45, 7) is 3.32. The largest absolute Gasteiger partial charge is 0.397 e. The number of carbonyl (C=O) groups excluding carboxylic acids is 2. The molecule has 41 heavy (non-hydrogen) atoms. The van der Waals surface area contributed by atoms with Crippen LogP contribution in [-0.2, 0) is 14.3 Å². The number of benzene rings is 3. The number of nitrogens with two attached hydrogens (primary N) is 1. The van der Waals surface area contributed by atoms with Crippen molar-refractivity contribution in [3.05, 3.63) is 95.6 Å². The molecule has 0 spiro atoms. The third kappa shape index (κ3) is 6.85. The maximum atomic E-state index is 13.5. The Kier molecular flexibility index (Phi) is 8.14. The van der Waals surface area contributed by atoms with Crippen LogP contribution in [0.15, 0.2) is 78.9 Å². The highest BCUT2D eigenvalue weighted by molar-refractivity contribution is 6.03. The number of carbonyl (C=O) groups is 2. The summed E-state index contributed by atoms with van der Waals surface area (Å²) >= 11 is 0. The molecule has 1 aliphatic carbocycles. The smallest absolute Gasteiger partial charge is 0.248 e. The number of hydrogen-bond donors (Lipinski definition) is 4. The normalized spacial score (nSPS) is 20.8. The average molecular weight is 552 g/mol. The molecule has 2 saturated heterocycles. The van der Waals surface area contributed by atoms with Crippen LogP contribution in [0.2, 0.25) is 0 Å². The lowest BCUT2D eigenvalue weighted by atomic mass is 10.0. The predicted octanol–water partition coefficient (Wildman–Crippen LogP) is 4.54. The van der Waals surface area contributed by atoms with Gasteiger partial charge in [-0.3, -0.25) is 14.5 Å². The van der Waals surface area contributed by atoms with Gasteiger partial charge in [-0.25, -0.2) is 0 Å². The summed E-state index contributed by atoms with van der Waals surface area (Å²) in [6.07, 6.45) is 7.17. The molecule has 3 aromatic carbocycles. The fraction of sp³-hybridized carbons (Fsp3) is 0.333. The Labute approximate surface area is 240 Å². The van der Waals surface area contributed by atoms with Crippen LogP contribution in [-0.4, -0.2) is 55.1 Å². The molecule has 0 aromatic heterocycles. The average Bonchev–Trinajstić information content (AvgIpc) is 3.62. The van der Waals surface area contributed by atoms with Crippen LogP contribution >= 0.6 is 0 Å². The summed E-state index contributed by atoms with van der Waals surface area (Å²) in [5.41, 5.74) is 10.9. The van der Waals surface area contributed by atoms with E-state index in [4.69, 9.17) is 10.5 Å². The van der Waals surface area contributed by atoms with Gasteiger partial charge in [-0.05, 0) is 72.2 Å². The van der Waals surface area contributed by atoms with Crippen molar-refractivity contribution in [1.82, 2.24) is 10.2 Å². The summed E-state index contributed by atoms with van der Waals surface area (Å²) in [4.78, 5) is 28.4. The number of anilines is 3. The zero-order chi connectivity index (χ0) is 28.2. The van der Waals surface area contributed by atoms with Gasteiger partial charge in [-0.2, -0.15) is 0 Å². The van der Waals surface area contributed by atoms with Crippen molar-refractivity contribution in [2.24, 2.45) is 0 Å². The molecule has 5 N–H and O–H groups in total. The van der Waals surface area contributed by atoms with E-state index in [-0.39, 0.29) is 11.8 Å². The van der Waals surface area contributed by atoms with E-state index in [9.17, 15) is 9.59 Å². The van der Waals surface area contributed by atoms with Crippen molar-refractivity contribution >= 4 is 35.0 Å². The minimum absolute atomic E-state index is 0.0985. The zero-order valence-corrected chi connectivity index (χ0v) is 23.1. The number of rotatable bonds is 11. The number of amides is 2. The van der Waals surface area contributed by atoms with Gasteiger partial charge in [0.15, 0.2) is 0 Å². The number of para-hydroxylation sites is 2. The van der Waals surface area contributed by atoms with Gasteiger partial charge in [-0.1, -0.05) is 48.5 Å². The number of hydrogen-bond acceptors (Lipinski definition) is 6. The van der Waals surface area contributed by atoms with E-state index < -0.39 is 6.04 Å². The van der Waals surface area contributed by atoms with Crippen LogP contribution < -0.4 is 21.7 Å². The highest BCUT2D eigenvalue weighted by Gasteiger charge is 2.38. The fourth-order valence-electron chi connectivity index (χ4n) is 5.69. The number of nitrogens with one attached hydrogen (secondary N) is 3. The summed E-state index contributed by atoms with van der Waals surface area (Å²) in [7, 11) is 0. The first kappa shape index (κ1) is 27.2. The van der Waals surface area contributed by atoms with E-state index in [2.05, 4.69) is 33.0 Å². The lowest BCUT2D eigenvalue weighted by molar-refractivity contribution is -0.118.